The maximum Gasteiger partial charge on any atom is 0.224 e. The number of carbonyl (C=O) groups is 2. The van der Waals surface area contributed by atoms with Crippen LogP contribution in [0.1, 0.15) is 136 Å². The van der Waals surface area contributed by atoms with E-state index in [1.165, 1.54) is 83.5 Å². The Balaban J connectivity index is 0.000000410. The first kappa shape index (κ1) is 36.4. The Morgan fingerprint density at radius 3 is 1.39 bits per heavy atom. The van der Waals surface area contributed by atoms with Gasteiger partial charge in [-0.1, -0.05) is 140 Å². The summed E-state index contributed by atoms with van der Waals surface area (Å²) in [5.74, 6) is 0.113. The van der Waals surface area contributed by atoms with Gasteiger partial charge in [0, 0.05) is 24.2 Å². The molecule has 1 unspecified atom stereocenters. The maximum atomic E-state index is 11.7. The van der Waals surface area contributed by atoms with E-state index in [4.69, 9.17) is 0 Å². The second-order valence-corrected chi connectivity index (χ2v) is 11.2. The molecule has 0 aliphatic rings. The zero-order valence-corrected chi connectivity index (χ0v) is 26.0. The van der Waals surface area contributed by atoms with Gasteiger partial charge in [0.2, 0.25) is 11.8 Å². The number of hydrogen-bond donors (Lipinski definition) is 3. The highest BCUT2D eigenvalue weighted by Gasteiger charge is 2.08. The van der Waals surface area contributed by atoms with Gasteiger partial charge in [0.15, 0.2) is 0 Å². The third-order valence-electron chi connectivity index (χ3n) is 7.22. The lowest BCUT2D eigenvalue weighted by molar-refractivity contribution is -0.117. The fraction of sp³-hybridized carbons (Fsp3) is 0.611. The van der Waals surface area contributed by atoms with Gasteiger partial charge in [0.25, 0.3) is 0 Å². The van der Waals surface area contributed by atoms with E-state index in [9.17, 15) is 14.7 Å². The van der Waals surface area contributed by atoms with E-state index < -0.39 is 0 Å². The predicted octanol–water partition coefficient (Wildman–Crippen LogP) is 10.1. The van der Waals surface area contributed by atoms with Crippen molar-refractivity contribution in [3.63, 3.8) is 0 Å². The van der Waals surface area contributed by atoms with E-state index in [1.807, 2.05) is 60.7 Å². The molecule has 0 aliphatic heterocycles. The Labute approximate surface area is 250 Å². The number of amides is 2. The van der Waals surface area contributed by atoms with Crippen molar-refractivity contribution in [1.29, 1.82) is 0 Å². The molecule has 5 nitrogen and oxygen atoms in total. The molecular formula is C36H58N2O3. The van der Waals surface area contributed by atoms with E-state index >= 15 is 0 Å². The maximum absolute atomic E-state index is 11.7. The summed E-state index contributed by atoms with van der Waals surface area (Å²) in [6, 6.07) is 19.1. The molecule has 0 spiro atoms. The minimum atomic E-state index is -0.349. The van der Waals surface area contributed by atoms with Gasteiger partial charge in [-0.3, -0.25) is 9.59 Å². The topological polar surface area (TPSA) is 78.4 Å². The number of unbranched alkanes of at least 4 members (excludes halogenated alkanes) is 13. The molecule has 41 heavy (non-hydrogen) atoms. The van der Waals surface area contributed by atoms with Crippen LogP contribution >= 0.6 is 0 Å². The Morgan fingerprint density at radius 1 is 0.537 bits per heavy atom. The molecule has 0 radical (unpaired) electrons. The van der Waals surface area contributed by atoms with Gasteiger partial charge in [-0.2, -0.15) is 0 Å². The van der Waals surface area contributed by atoms with Crippen molar-refractivity contribution in [3.8, 4) is 0 Å². The molecule has 2 aromatic carbocycles. The molecule has 0 saturated carbocycles. The molecule has 2 rings (SSSR count). The third kappa shape index (κ3) is 22.7. The van der Waals surface area contributed by atoms with Crippen molar-refractivity contribution in [1.82, 2.24) is 0 Å². The summed E-state index contributed by atoms with van der Waals surface area (Å²) < 4.78 is 0. The molecule has 0 fully saturated rings. The molecule has 0 bridgehead atoms. The largest absolute Gasteiger partial charge is 0.393 e. The van der Waals surface area contributed by atoms with Crippen molar-refractivity contribution in [2.75, 3.05) is 10.6 Å². The van der Waals surface area contributed by atoms with Crippen molar-refractivity contribution in [2.45, 2.75) is 142 Å². The average molecular weight is 567 g/mol. The highest BCUT2D eigenvalue weighted by atomic mass is 16.3. The van der Waals surface area contributed by atoms with Crippen molar-refractivity contribution < 1.29 is 14.7 Å². The quantitative estimate of drug-likeness (QED) is 0.124. The summed E-state index contributed by atoms with van der Waals surface area (Å²) in [6.45, 7) is 4.46. The molecule has 5 heteroatoms. The standard InChI is InChI=1S/C18H29NO2.C18H29NO/c1-2-3-4-5-6-10-13-17(20)14-15-18(21)19-16-11-8-7-9-12-16;1-2-3-4-5-6-7-8-9-13-16-18(20)19-17-14-11-10-12-15-17/h7-9,11-12,17,20H,2-6,10,13-15H2,1H3,(H,19,21);10-12,14-15H,2-9,13,16H2,1H3,(H,19,20). The SMILES string of the molecule is CCCCCCCCC(O)CCC(=O)Nc1ccccc1.CCCCCCCCCCCC(=O)Nc1ccccc1. The van der Waals surface area contributed by atoms with Crippen LogP contribution in [0.5, 0.6) is 0 Å². The molecule has 2 amide bonds. The number of rotatable bonds is 22. The number of anilines is 2. The first-order valence-electron chi connectivity index (χ1n) is 16.4. The first-order valence-corrected chi connectivity index (χ1v) is 16.4. The second-order valence-electron chi connectivity index (χ2n) is 11.2. The molecule has 2 aromatic rings. The monoisotopic (exact) mass is 566 g/mol. The minimum absolute atomic E-state index is 0.0248. The molecule has 0 heterocycles. The van der Waals surface area contributed by atoms with Crippen LogP contribution in [0.4, 0.5) is 11.4 Å². The Hall–Kier alpha value is -2.66. The molecule has 230 valence electrons. The van der Waals surface area contributed by atoms with Crippen molar-refractivity contribution in [2.24, 2.45) is 0 Å². The van der Waals surface area contributed by atoms with Crippen LogP contribution in [-0.2, 0) is 9.59 Å². The van der Waals surface area contributed by atoms with Crippen molar-refractivity contribution >= 4 is 23.2 Å². The van der Waals surface area contributed by atoms with Gasteiger partial charge in [0.05, 0.1) is 6.10 Å². The van der Waals surface area contributed by atoms with Gasteiger partial charge in [-0.05, 0) is 43.5 Å². The lowest BCUT2D eigenvalue weighted by Gasteiger charge is -2.10. The van der Waals surface area contributed by atoms with Gasteiger partial charge in [-0.25, -0.2) is 0 Å². The van der Waals surface area contributed by atoms with Crippen LogP contribution in [-0.4, -0.2) is 23.0 Å². The zero-order valence-electron chi connectivity index (χ0n) is 26.0. The molecule has 3 N–H and O–H groups in total. The number of benzene rings is 2. The number of para-hydroxylation sites is 2. The number of nitrogens with one attached hydrogen (secondary N) is 2. The molecular weight excluding hydrogens is 508 g/mol. The smallest absolute Gasteiger partial charge is 0.224 e. The number of carbonyl (C=O) groups excluding carboxylic acids is 2. The molecule has 0 saturated heterocycles. The highest BCUT2D eigenvalue weighted by Crippen LogP contribution is 2.13. The number of aliphatic hydroxyl groups is 1. The summed E-state index contributed by atoms with van der Waals surface area (Å²) in [5.41, 5.74) is 1.71. The average Bonchev–Trinajstić information content (AvgIpc) is 2.98. The first-order chi connectivity index (χ1) is 20.0. The summed E-state index contributed by atoms with van der Waals surface area (Å²) in [7, 11) is 0. The second kappa shape index (κ2) is 26.3. The van der Waals surface area contributed by atoms with E-state index in [1.54, 1.807) is 0 Å². The van der Waals surface area contributed by atoms with E-state index in [0.717, 1.165) is 30.6 Å². The Bertz CT molecular complexity index is 873. The molecule has 1 atom stereocenters. The summed E-state index contributed by atoms with van der Waals surface area (Å²) in [4.78, 5) is 23.5. The van der Waals surface area contributed by atoms with E-state index in [2.05, 4.69) is 24.5 Å². The van der Waals surface area contributed by atoms with Crippen LogP contribution < -0.4 is 10.6 Å². The molecule has 0 aromatic heterocycles. The van der Waals surface area contributed by atoms with Gasteiger partial charge >= 0.3 is 0 Å². The summed E-state index contributed by atoms with van der Waals surface area (Å²) in [5, 5.41) is 15.7. The zero-order chi connectivity index (χ0) is 29.8. The predicted molar refractivity (Wildman–Crippen MR) is 175 cm³/mol. The highest BCUT2D eigenvalue weighted by molar-refractivity contribution is 5.91. The van der Waals surface area contributed by atoms with E-state index in [0.29, 0.717) is 19.3 Å². The number of hydrogen-bond acceptors (Lipinski definition) is 3. The Morgan fingerprint density at radius 2 is 0.927 bits per heavy atom. The van der Waals surface area contributed by atoms with Gasteiger partial charge < -0.3 is 15.7 Å². The Kier molecular flexibility index (Phi) is 23.3. The fourth-order valence-electron chi connectivity index (χ4n) is 4.69. The summed E-state index contributed by atoms with van der Waals surface area (Å²) in [6.07, 6.45) is 21.0. The summed E-state index contributed by atoms with van der Waals surface area (Å²) >= 11 is 0. The lowest BCUT2D eigenvalue weighted by atomic mass is 10.0. The van der Waals surface area contributed by atoms with Crippen LogP contribution in [0.15, 0.2) is 60.7 Å². The third-order valence-corrected chi connectivity index (χ3v) is 7.22. The van der Waals surface area contributed by atoms with Crippen LogP contribution in [0.3, 0.4) is 0 Å². The number of aliphatic hydroxyl groups excluding tert-OH is 1. The van der Waals surface area contributed by atoms with E-state index in [-0.39, 0.29) is 17.9 Å². The van der Waals surface area contributed by atoms with Crippen LogP contribution in [0.25, 0.3) is 0 Å². The van der Waals surface area contributed by atoms with Crippen molar-refractivity contribution in [3.05, 3.63) is 60.7 Å². The minimum Gasteiger partial charge on any atom is -0.393 e. The van der Waals surface area contributed by atoms with Crippen LogP contribution in [0.2, 0.25) is 0 Å². The van der Waals surface area contributed by atoms with Gasteiger partial charge in [-0.15, -0.1) is 0 Å². The normalized spacial score (nSPS) is 11.3. The fourth-order valence-corrected chi connectivity index (χ4v) is 4.69. The van der Waals surface area contributed by atoms with Gasteiger partial charge in [0.1, 0.15) is 0 Å². The van der Waals surface area contributed by atoms with Crippen LogP contribution in [0, 0.1) is 0 Å². The lowest BCUT2D eigenvalue weighted by Crippen LogP contribution is -2.15. The molecule has 0 aliphatic carbocycles.